The molecule has 1 unspecified atom stereocenters. The molecule has 0 spiro atoms. The van der Waals surface area contributed by atoms with Crippen LogP contribution in [0, 0.1) is 0 Å². The first-order valence-electron chi connectivity index (χ1n) is 7.52. The fraction of sp³-hybridized carbons (Fsp3) is 1.00. The van der Waals surface area contributed by atoms with Crippen LogP contribution in [0.3, 0.4) is 0 Å². The van der Waals surface area contributed by atoms with Gasteiger partial charge in [-0.2, -0.15) is 0 Å². The van der Waals surface area contributed by atoms with Crippen LogP contribution in [-0.2, 0) is 22.4 Å². The van der Waals surface area contributed by atoms with Crippen LogP contribution in [0.4, 0.5) is 0 Å². The van der Waals surface area contributed by atoms with Gasteiger partial charge in [-0.1, -0.05) is 0 Å². The second-order valence-electron chi connectivity index (χ2n) is 3.82. The van der Waals surface area contributed by atoms with E-state index in [9.17, 15) is 0 Å². The average Bonchev–Trinajstić information content (AvgIpc) is 2.46. The van der Waals surface area contributed by atoms with Gasteiger partial charge in [0.05, 0.1) is 0 Å². The minimum Gasteiger partial charge on any atom is -0.397 e. The Bertz CT molecular complexity index is 205. The van der Waals surface area contributed by atoms with E-state index in [4.69, 9.17) is 33.3 Å². The van der Waals surface area contributed by atoms with Crippen molar-refractivity contribution in [1.82, 2.24) is 0 Å². The third-order valence-corrected chi connectivity index (χ3v) is 4.50. The summed E-state index contributed by atoms with van der Waals surface area (Å²) in [4.78, 5) is 0. The van der Waals surface area contributed by atoms with Crippen molar-refractivity contribution in [3.05, 3.63) is 0 Å². The molecule has 0 amide bonds. The second kappa shape index (κ2) is 16.3. The topological polar surface area (TPSA) is 92.4 Å². The molecule has 0 aliphatic carbocycles. The monoisotopic (exact) mass is 327 g/mol. The summed E-state index contributed by atoms with van der Waals surface area (Å²) in [5.41, 5.74) is 5.49. The van der Waals surface area contributed by atoms with Gasteiger partial charge >= 0.3 is 9.05 Å². The van der Waals surface area contributed by atoms with Crippen LogP contribution in [0.2, 0.25) is 0 Å². The zero-order chi connectivity index (χ0) is 16.6. The standard InChI is InChI=1S/C11H27NO5Si.C2H6O/c1-5-14-11(9-8-10-12)17-18(13-4,15-6-2)16-7-3;1-2-3/h11H,5-10,12H2,1-4H3;3H,2H2,1H3. The van der Waals surface area contributed by atoms with Gasteiger partial charge in [-0.05, 0) is 47.1 Å². The van der Waals surface area contributed by atoms with Crippen LogP contribution < -0.4 is 5.73 Å². The van der Waals surface area contributed by atoms with Crippen LogP contribution >= 0.6 is 0 Å². The molecule has 3 N–H and O–H groups in total. The smallest absolute Gasteiger partial charge is 0.397 e. The van der Waals surface area contributed by atoms with Gasteiger partial charge in [-0.15, -0.1) is 0 Å². The molecule has 0 saturated carbocycles. The highest BCUT2D eigenvalue weighted by molar-refractivity contribution is 6.53. The van der Waals surface area contributed by atoms with Crippen LogP contribution in [0.15, 0.2) is 0 Å². The lowest BCUT2D eigenvalue weighted by Crippen LogP contribution is -2.51. The summed E-state index contributed by atoms with van der Waals surface area (Å²) in [6.07, 6.45) is 1.11. The largest absolute Gasteiger partial charge is 0.681 e. The normalized spacial score (nSPS) is 12.7. The number of hydrogen-bond donors (Lipinski definition) is 2. The molecule has 0 fully saturated rings. The van der Waals surface area contributed by atoms with Crippen molar-refractivity contribution in [2.45, 2.75) is 46.8 Å². The first kappa shape index (κ1) is 23.2. The predicted octanol–water partition coefficient (Wildman–Crippen LogP) is 1.26. The van der Waals surface area contributed by atoms with Gasteiger partial charge in [0.1, 0.15) is 0 Å². The van der Waals surface area contributed by atoms with Crippen molar-refractivity contribution >= 4 is 9.05 Å². The van der Waals surface area contributed by atoms with Crippen LogP contribution in [-0.4, -0.2) is 60.5 Å². The molecule has 0 saturated heterocycles. The Hall–Kier alpha value is -0.0631. The van der Waals surface area contributed by atoms with Crippen molar-refractivity contribution in [3.63, 3.8) is 0 Å². The lowest BCUT2D eigenvalue weighted by atomic mass is 10.3. The van der Waals surface area contributed by atoms with Crippen molar-refractivity contribution in [3.8, 4) is 0 Å². The average molecular weight is 327 g/mol. The Balaban J connectivity index is 0. The molecular formula is C13H33NO6Si. The summed E-state index contributed by atoms with van der Waals surface area (Å²) >= 11 is 0. The highest BCUT2D eigenvalue weighted by atomic mass is 28.4. The van der Waals surface area contributed by atoms with Gasteiger partial charge in [-0.25, -0.2) is 0 Å². The van der Waals surface area contributed by atoms with Gasteiger partial charge in [0.15, 0.2) is 6.29 Å². The number of rotatable bonds is 12. The highest BCUT2D eigenvalue weighted by Crippen LogP contribution is 2.17. The molecule has 130 valence electrons. The van der Waals surface area contributed by atoms with Gasteiger partial charge in [0.25, 0.3) is 0 Å². The SMILES string of the molecule is CCO.CCOC(CCCN)O[Si](OC)(OCC)OCC. The number of aliphatic hydroxyl groups excluding tert-OH is 1. The van der Waals surface area contributed by atoms with Crippen molar-refractivity contribution < 1.29 is 27.5 Å². The maximum Gasteiger partial charge on any atom is 0.681 e. The van der Waals surface area contributed by atoms with Crippen LogP contribution in [0.25, 0.3) is 0 Å². The summed E-state index contributed by atoms with van der Waals surface area (Å²) in [5, 5.41) is 7.57. The number of aliphatic hydroxyl groups is 1. The van der Waals surface area contributed by atoms with E-state index in [0.29, 0.717) is 32.8 Å². The molecule has 0 aromatic rings. The zero-order valence-electron chi connectivity index (χ0n) is 14.1. The summed E-state index contributed by atoms with van der Waals surface area (Å²) in [6, 6.07) is 0. The van der Waals surface area contributed by atoms with E-state index in [-0.39, 0.29) is 6.61 Å². The van der Waals surface area contributed by atoms with Crippen molar-refractivity contribution in [2.75, 3.05) is 40.1 Å². The Labute approximate surface area is 130 Å². The van der Waals surface area contributed by atoms with E-state index in [1.165, 1.54) is 7.11 Å². The number of ether oxygens (including phenoxy) is 1. The molecule has 8 heteroatoms. The molecule has 0 aliphatic rings. The summed E-state index contributed by atoms with van der Waals surface area (Å²) in [5.74, 6) is 0. The lowest BCUT2D eigenvalue weighted by molar-refractivity contribution is -0.146. The number of hydrogen-bond acceptors (Lipinski definition) is 7. The van der Waals surface area contributed by atoms with E-state index in [1.807, 2.05) is 20.8 Å². The molecule has 0 aromatic heterocycles. The molecule has 0 aliphatic heterocycles. The molecule has 0 radical (unpaired) electrons. The predicted molar refractivity (Wildman–Crippen MR) is 83.6 cm³/mol. The minimum absolute atomic E-state index is 0.250. The summed E-state index contributed by atoms with van der Waals surface area (Å²) < 4.78 is 27.7. The van der Waals surface area contributed by atoms with Crippen molar-refractivity contribution in [2.24, 2.45) is 5.73 Å². The minimum atomic E-state index is -3.09. The summed E-state index contributed by atoms with van der Waals surface area (Å²) in [7, 11) is -1.55. The third-order valence-electron chi connectivity index (χ3n) is 2.16. The molecule has 0 bridgehead atoms. The fourth-order valence-corrected chi connectivity index (χ4v) is 3.20. The zero-order valence-corrected chi connectivity index (χ0v) is 15.1. The van der Waals surface area contributed by atoms with E-state index in [2.05, 4.69) is 0 Å². The van der Waals surface area contributed by atoms with Crippen LogP contribution in [0.5, 0.6) is 0 Å². The molecule has 21 heavy (non-hydrogen) atoms. The van der Waals surface area contributed by atoms with E-state index >= 15 is 0 Å². The Morgan fingerprint density at radius 3 is 1.90 bits per heavy atom. The van der Waals surface area contributed by atoms with Gasteiger partial charge in [0.2, 0.25) is 0 Å². The third kappa shape index (κ3) is 12.2. The van der Waals surface area contributed by atoms with E-state index < -0.39 is 15.3 Å². The van der Waals surface area contributed by atoms with Gasteiger partial charge < -0.3 is 33.3 Å². The quantitative estimate of drug-likeness (QED) is 0.412. The van der Waals surface area contributed by atoms with E-state index in [1.54, 1.807) is 6.92 Å². The van der Waals surface area contributed by atoms with Gasteiger partial charge in [-0.3, -0.25) is 0 Å². The Kier molecular flexibility index (Phi) is 18.0. The Morgan fingerprint density at radius 2 is 1.57 bits per heavy atom. The Morgan fingerprint density at radius 1 is 1.05 bits per heavy atom. The van der Waals surface area contributed by atoms with Gasteiger partial charge in [0, 0.05) is 33.5 Å². The van der Waals surface area contributed by atoms with Crippen LogP contribution in [0.1, 0.15) is 40.5 Å². The maximum atomic E-state index is 7.57. The molecule has 7 nitrogen and oxygen atoms in total. The fourth-order valence-electron chi connectivity index (χ4n) is 1.44. The first-order chi connectivity index (χ1) is 10.1. The first-order valence-corrected chi connectivity index (χ1v) is 9.16. The maximum absolute atomic E-state index is 7.57. The molecule has 0 aromatic carbocycles. The van der Waals surface area contributed by atoms with E-state index in [0.717, 1.165) is 6.42 Å². The van der Waals surface area contributed by atoms with Crippen molar-refractivity contribution in [1.29, 1.82) is 0 Å². The second-order valence-corrected chi connectivity index (χ2v) is 6.04. The highest BCUT2D eigenvalue weighted by Gasteiger charge is 2.46. The molecule has 0 rings (SSSR count). The molecule has 0 heterocycles. The number of nitrogens with two attached hydrogens (primary N) is 1. The lowest BCUT2D eigenvalue weighted by Gasteiger charge is -2.29. The summed E-state index contributed by atoms with van der Waals surface area (Å²) in [6.45, 7) is 9.68. The molecule has 1 atom stereocenters. The molecular weight excluding hydrogens is 294 g/mol.